The fourth-order valence-corrected chi connectivity index (χ4v) is 2.97. The SMILES string of the molecule is Nc1c(Cl)cccc1Cl.OCCNCCCCCCOCCCCc1ncccn1. The third kappa shape index (κ3) is 13.7. The summed E-state index contributed by atoms with van der Waals surface area (Å²) in [6, 6.07) is 6.99. The van der Waals surface area contributed by atoms with Crippen molar-refractivity contribution >= 4 is 28.9 Å². The third-order valence-electron chi connectivity index (χ3n) is 4.24. The first-order chi connectivity index (χ1) is 14.6. The van der Waals surface area contributed by atoms with Crippen molar-refractivity contribution in [2.75, 3.05) is 38.6 Å². The molecule has 0 unspecified atom stereocenters. The largest absolute Gasteiger partial charge is 0.396 e. The van der Waals surface area contributed by atoms with Crippen LogP contribution in [-0.2, 0) is 11.2 Å². The van der Waals surface area contributed by atoms with Crippen molar-refractivity contribution in [2.24, 2.45) is 0 Å². The Morgan fingerprint density at radius 1 is 0.867 bits per heavy atom. The first-order valence-corrected chi connectivity index (χ1v) is 11.3. The van der Waals surface area contributed by atoms with Gasteiger partial charge in [-0.3, -0.25) is 0 Å². The zero-order valence-electron chi connectivity index (χ0n) is 17.5. The number of hydrogen-bond donors (Lipinski definition) is 3. The van der Waals surface area contributed by atoms with E-state index in [0.717, 1.165) is 51.3 Å². The van der Waals surface area contributed by atoms with E-state index in [9.17, 15) is 0 Å². The fourth-order valence-electron chi connectivity index (χ4n) is 2.57. The van der Waals surface area contributed by atoms with Crippen molar-refractivity contribution < 1.29 is 9.84 Å². The second-order valence-corrected chi connectivity index (χ2v) is 7.57. The first kappa shape index (κ1) is 26.6. The van der Waals surface area contributed by atoms with Gasteiger partial charge in [-0.2, -0.15) is 0 Å². The lowest BCUT2D eigenvalue weighted by molar-refractivity contribution is 0.126. The van der Waals surface area contributed by atoms with Crippen molar-refractivity contribution in [3.8, 4) is 0 Å². The number of unbranched alkanes of at least 4 members (excludes halogenated alkanes) is 4. The van der Waals surface area contributed by atoms with Crippen LogP contribution in [0.1, 0.15) is 44.3 Å². The molecule has 2 aromatic rings. The Bertz CT molecular complexity index is 643. The molecule has 168 valence electrons. The minimum absolute atomic E-state index is 0.226. The summed E-state index contributed by atoms with van der Waals surface area (Å²) in [5.74, 6) is 0.923. The maximum Gasteiger partial charge on any atom is 0.128 e. The van der Waals surface area contributed by atoms with E-state index in [1.165, 1.54) is 19.3 Å². The number of halogens is 2. The number of hydrogen-bond acceptors (Lipinski definition) is 6. The first-order valence-electron chi connectivity index (χ1n) is 10.5. The predicted octanol–water partition coefficient (Wildman–Crippen LogP) is 4.53. The van der Waals surface area contributed by atoms with Crippen LogP contribution in [0.25, 0.3) is 0 Å². The van der Waals surface area contributed by atoms with E-state index in [4.69, 9.17) is 38.8 Å². The molecule has 8 heteroatoms. The molecule has 4 N–H and O–H groups in total. The van der Waals surface area contributed by atoms with Gasteiger partial charge in [0.2, 0.25) is 0 Å². The Morgan fingerprint density at radius 3 is 2.13 bits per heavy atom. The number of anilines is 1. The molecular formula is C22H34Cl2N4O2. The smallest absolute Gasteiger partial charge is 0.128 e. The molecule has 0 aliphatic heterocycles. The van der Waals surface area contributed by atoms with Crippen molar-refractivity contribution in [1.29, 1.82) is 0 Å². The van der Waals surface area contributed by atoms with E-state index < -0.39 is 0 Å². The molecular weight excluding hydrogens is 423 g/mol. The number of para-hydroxylation sites is 1. The zero-order valence-corrected chi connectivity index (χ0v) is 19.0. The van der Waals surface area contributed by atoms with Gasteiger partial charge in [0.05, 0.1) is 22.3 Å². The van der Waals surface area contributed by atoms with Crippen LogP contribution in [0, 0.1) is 0 Å². The van der Waals surface area contributed by atoms with Crippen LogP contribution in [0.5, 0.6) is 0 Å². The highest BCUT2D eigenvalue weighted by Crippen LogP contribution is 2.25. The van der Waals surface area contributed by atoms with Gasteiger partial charge in [-0.25, -0.2) is 9.97 Å². The number of aromatic nitrogens is 2. The molecule has 6 nitrogen and oxygen atoms in total. The monoisotopic (exact) mass is 456 g/mol. The molecule has 30 heavy (non-hydrogen) atoms. The van der Waals surface area contributed by atoms with Crippen LogP contribution in [0.2, 0.25) is 10.0 Å². The molecule has 0 aliphatic rings. The van der Waals surface area contributed by atoms with Gasteiger partial charge in [0, 0.05) is 38.6 Å². The molecule has 0 atom stereocenters. The summed E-state index contributed by atoms with van der Waals surface area (Å²) >= 11 is 11.2. The highest BCUT2D eigenvalue weighted by atomic mass is 35.5. The van der Waals surface area contributed by atoms with Gasteiger partial charge in [0.15, 0.2) is 0 Å². The van der Waals surface area contributed by atoms with Gasteiger partial charge in [-0.15, -0.1) is 0 Å². The standard InChI is InChI=1S/C16H29N3O2.C6H5Cl2N/c20-13-12-17-9-4-1-2-5-14-21-15-6-3-8-16-18-10-7-11-19-16;7-4-2-1-3-5(8)6(4)9/h7,10-11,17,20H,1-6,8-9,12-15H2;1-3H,9H2. The van der Waals surface area contributed by atoms with Crippen LogP contribution in [0.3, 0.4) is 0 Å². The van der Waals surface area contributed by atoms with E-state index in [-0.39, 0.29) is 6.61 Å². The Labute approximate surface area is 190 Å². The number of nitrogens with zero attached hydrogens (tertiary/aromatic N) is 2. The third-order valence-corrected chi connectivity index (χ3v) is 4.90. The molecule has 0 fully saturated rings. The number of benzene rings is 1. The molecule has 0 radical (unpaired) electrons. The fraction of sp³-hybridized carbons (Fsp3) is 0.545. The molecule has 0 bridgehead atoms. The van der Waals surface area contributed by atoms with Crippen molar-refractivity contribution in [3.05, 3.63) is 52.5 Å². The van der Waals surface area contributed by atoms with Crippen LogP contribution in [-0.4, -0.2) is 48.0 Å². The van der Waals surface area contributed by atoms with Crippen molar-refractivity contribution in [2.45, 2.75) is 44.9 Å². The predicted molar refractivity (Wildman–Crippen MR) is 125 cm³/mol. The minimum atomic E-state index is 0.226. The molecule has 1 heterocycles. The Kier molecular flexibility index (Phi) is 16.3. The Morgan fingerprint density at radius 2 is 1.50 bits per heavy atom. The molecule has 0 aliphatic carbocycles. The summed E-state index contributed by atoms with van der Waals surface area (Å²) in [5.41, 5.74) is 5.86. The normalized spacial score (nSPS) is 10.5. The van der Waals surface area contributed by atoms with Gasteiger partial charge < -0.3 is 20.9 Å². The van der Waals surface area contributed by atoms with Gasteiger partial charge in [-0.05, 0) is 50.4 Å². The van der Waals surface area contributed by atoms with E-state index >= 15 is 0 Å². The van der Waals surface area contributed by atoms with E-state index in [2.05, 4.69) is 15.3 Å². The van der Waals surface area contributed by atoms with Gasteiger partial charge >= 0.3 is 0 Å². The van der Waals surface area contributed by atoms with Crippen LogP contribution >= 0.6 is 23.2 Å². The Hall–Kier alpha value is -1.44. The summed E-state index contributed by atoms with van der Waals surface area (Å²) < 4.78 is 5.63. The van der Waals surface area contributed by atoms with E-state index in [0.29, 0.717) is 22.3 Å². The second kappa shape index (κ2) is 18.3. The summed E-state index contributed by atoms with van der Waals surface area (Å²) in [5, 5.41) is 12.8. The number of aryl methyl sites for hydroxylation is 1. The summed E-state index contributed by atoms with van der Waals surface area (Å²) in [4.78, 5) is 8.40. The maximum atomic E-state index is 8.61. The van der Waals surface area contributed by atoms with E-state index in [1.54, 1.807) is 30.6 Å². The lowest BCUT2D eigenvalue weighted by atomic mass is 10.2. The molecule has 1 aromatic heterocycles. The Balaban J connectivity index is 0.000000414. The summed E-state index contributed by atoms with van der Waals surface area (Å²) in [6.07, 6.45) is 11.4. The van der Waals surface area contributed by atoms with Crippen molar-refractivity contribution in [3.63, 3.8) is 0 Å². The number of ether oxygens (including phenoxy) is 1. The highest BCUT2D eigenvalue weighted by molar-refractivity contribution is 6.38. The van der Waals surface area contributed by atoms with Crippen LogP contribution in [0.4, 0.5) is 5.69 Å². The molecule has 0 amide bonds. The number of nitrogens with two attached hydrogens (primary N) is 1. The lowest BCUT2D eigenvalue weighted by Gasteiger charge is -2.05. The topological polar surface area (TPSA) is 93.3 Å². The summed E-state index contributed by atoms with van der Waals surface area (Å²) in [7, 11) is 0. The second-order valence-electron chi connectivity index (χ2n) is 6.76. The zero-order chi connectivity index (χ0) is 21.9. The lowest BCUT2D eigenvalue weighted by Crippen LogP contribution is -2.19. The number of nitrogens with one attached hydrogen (secondary N) is 1. The number of aliphatic hydroxyl groups is 1. The highest BCUT2D eigenvalue weighted by Gasteiger charge is 1.97. The quantitative estimate of drug-likeness (QED) is 0.285. The average Bonchev–Trinajstić information content (AvgIpc) is 2.76. The van der Waals surface area contributed by atoms with Gasteiger partial charge in [0.1, 0.15) is 5.82 Å². The molecule has 1 aromatic carbocycles. The van der Waals surface area contributed by atoms with Crippen molar-refractivity contribution in [1.82, 2.24) is 15.3 Å². The van der Waals surface area contributed by atoms with Crippen LogP contribution < -0.4 is 11.1 Å². The molecule has 0 spiro atoms. The average molecular weight is 457 g/mol. The minimum Gasteiger partial charge on any atom is -0.396 e. The van der Waals surface area contributed by atoms with Gasteiger partial charge in [0.25, 0.3) is 0 Å². The molecule has 0 saturated carbocycles. The van der Waals surface area contributed by atoms with Gasteiger partial charge in [-0.1, -0.05) is 42.1 Å². The number of rotatable bonds is 14. The summed E-state index contributed by atoms with van der Waals surface area (Å²) in [6.45, 7) is 3.64. The van der Waals surface area contributed by atoms with Crippen LogP contribution in [0.15, 0.2) is 36.7 Å². The number of nitrogen functional groups attached to an aromatic ring is 1. The molecule has 0 saturated heterocycles. The number of aliphatic hydroxyl groups excluding tert-OH is 1. The van der Waals surface area contributed by atoms with E-state index in [1.807, 2.05) is 6.07 Å². The maximum absolute atomic E-state index is 8.61. The molecule has 2 rings (SSSR count).